The second-order valence-corrected chi connectivity index (χ2v) is 10.7. The van der Waals surface area contributed by atoms with Gasteiger partial charge in [-0.1, -0.05) is 11.6 Å². The van der Waals surface area contributed by atoms with Crippen LogP contribution in [-0.2, 0) is 17.6 Å². The number of aromatic amines is 1. The van der Waals surface area contributed by atoms with E-state index in [0.717, 1.165) is 23.9 Å². The summed E-state index contributed by atoms with van der Waals surface area (Å²) in [6.45, 7) is 1.71. The lowest BCUT2D eigenvalue weighted by Crippen LogP contribution is -2.57. The van der Waals surface area contributed by atoms with Gasteiger partial charge in [0.25, 0.3) is 11.8 Å². The molecule has 12 heteroatoms. The van der Waals surface area contributed by atoms with Crippen molar-refractivity contribution < 1.29 is 9.59 Å². The van der Waals surface area contributed by atoms with Crippen molar-refractivity contribution in [2.45, 2.75) is 55.7 Å². The van der Waals surface area contributed by atoms with Gasteiger partial charge in [-0.15, -0.1) is 0 Å². The highest BCUT2D eigenvalue weighted by atomic mass is 35.5. The lowest BCUT2D eigenvalue weighted by atomic mass is 9.88. The third-order valence-corrected chi connectivity index (χ3v) is 8.14. The van der Waals surface area contributed by atoms with Crippen LogP contribution in [0.1, 0.15) is 47.3 Å². The topological polar surface area (TPSA) is 166 Å². The van der Waals surface area contributed by atoms with E-state index in [0.29, 0.717) is 38.4 Å². The van der Waals surface area contributed by atoms with Crippen LogP contribution < -0.4 is 22.1 Å². The van der Waals surface area contributed by atoms with Crippen LogP contribution in [0.2, 0.25) is 0 Å². The minimum Gasteiger partial charge on any atom is -0.382 e. The number of likely N-dealkylation sites (tertiary alicyclic amines) is 1. The molecule has 4 heterocycles. The first-order chi connectivity index (χ1) is 17.8. The van der Waals surface area contributed by atoms with E-state index in [2.05, 4.69) is 36.7 Å². The van der Waals surface area contributed by atoms with Gasteiger partial charge in [0.15, 0.2) is 23.0 Å². The summed E-state index contributed by atoms with van der Waals surface area (Å²) in [4.78, 5) is 43.9. The Morgan fingerprint density at radius 1 is 1.16 bits per heavy atom. The fourth-order valence-corrected chi connectivity index (χ4v) is 5.82. The lowest BCUT2D eigenvalue weighted by molar-refractivity contribution is -0.113. The number of fused-ring (bicyclic) bond motifs is 3. The van der Waals surface area contributed by atoms with Crippen LogP contribution in [-0.4, -0.2) is 76.0 Å². The van der Waals surface area contributed by atoms with Crippen molar-refractivity contribution in [1.82, 2.24) is 20.5 Å². The first kappa shape index (κ1) is 23.9. The summed E-state index contributed by atoms with van der Waals surface area (Å²) in [5.41, 5.74) is 14.8. The Bertz CT molecular complexity index is 1370. The molecule has 7 N–H and O–H groups in total. The molecular formula is C25H30ClN9O2. The van der Waals surface area contributed by atoms with Gasteiger partial charge in [0.05, 0.1) is 12.1 Å². The third-order valence-electron chi connectivity index (χ3n) is 7.79. The lowest BCUT2D eigenvalue weighted by Gasteiger charge is -2.39. The van der Waals surface area contributed by atoms with Crippen molar-refractivity contribution in [2.75, 3.05) is 19.6 Å². The smallest absolute Gasteiger partial charge is 0.279 e. The number of alkyl halides is 1. The molecule has 3 aliphatic heterocycles. The van der Waals surface area contributed by atoms with E-state index < -0.39 is 17.6 Å². The fourth-order valence-electron chi connectivity index (χ4n) is 5.66. The molecule has 0 bridgehead atoms. The molecule has 0 saturated carbocycles. The molecule has 2 unspecified atom stereocenters. The van der Waals surface area contributed by atoms with E-state index in [4.69, 9.17) is 23.1 Å². The minimum absolute atomic E-state index is 0.0499. The standard InChI is InChI=1S/C25H30ClN9O2/c26-19-21(28)32-20(27)18(31-19)22(36)33-24-29-12-25(34-24)7-9-35(10-8-25)23(37)13-5-6-17-15(11-13)14-3-1-2-4-16(14)30-17/h5-6,11,19,21,30H,1-4,7-10,12,28H2,(H2,27,32)(H2,29,33,34,36). The van der Waals surface area contributed by atoms with Crippen LogP contribution in [0.4, 0.5) is 0 Å². The number of aromatic nitrogens is 1. The molecule has 37 heavy (non-hydrogen) atoms. The van der Waals surface area contributed by atoms with Crippen LogP contribution in [0.15, 0.2) is 33.2 Å². The normalized spacial score (nSPS) is 24.7. The molecule has 1 aromatic heterocycles. The number of aliphatic imine (C=N–C) groups is 3. The quantitative estimate of drug-likeness (QED) is 0.289. The summed E-state index contributed by atoms with van der Waals surface area (Å²) in [5, 5.41) is 7.24. The first-order valence-corrected chi connectivity index (χ1v) is 13.1. The van der Waals surface area contributed by atoms with Gasteiger partial charge in [0, 0.05) is 35.2 Å². The summed E-state index contributed by atoms with van der Waals surface area (Å²) < 4.78 is 0. The molecule has 194 valence electrons. The van der Waals surface area contributed by atoms with Gasteiger partial charge in [-0.3, -0.25) is 24.9 Å². The van der Waals surface area contributed by atoms with Gasteiger partial charge >= 0.3 is 0 Å². The van der Waals surface area contributed by atoms with Crippen LogP contribution >= 0.6 is 11.6 Å². The summed E-state index contributed by atoms with van der Waals surface area (Å²) in [6, 6.07) is 6.00. The number of amides is 2. The number of nitrogens with one attached hydrogen (secondary N) is 3. The van der Waals surface area contributed by atoms with Crippen molar-refractivity contribution in [3.8, 4) is 0 Å². The second-order valence-electron chi connectivity index (χ2n) is 10.2. The maximum absolute atomic E-state index is 13.4. The summed E-state index contributed by atoms with van der Waals surface area (Å²) in [7, 11) is 0. The van der Waals surface area contributed by atoms with Crippen molar-refractivity contribution >= 4 is 51.8 Å². The van der Waals surface area contributed by atoms with Crippen LogP contribution in [0.3, 0.4) is 0 Å². The largest absolute Gasteiger partial charge is 0.382 e. The highest BCUT2D eigenvalue weighted by molar-refractivity contribution is 6.67. The highest BCUT2D eigenvalue weighted by Gasteiger charge is 2.40. The number of H-pyrrole nitrogens is 1. The van der Waals surface area contributed by atoms with Gasteiger partial charge in [-0.05, 0) is 62.3 Å². The molecule has 0 radical (unpaired) electrons. The molecule has 6 rings (SSSR count). The molecule has 11 nitrogen and oxygen atoms in total. The number of aryl methyl sites for hydroxylation is 2. The zero-order chi connectivity index (χ0) is 25.7. The summed E-state index contributed by atoms with van der Waals surface area (Å²) in [6.07, 6.45) is 5.20. The second kappa shape index (κ2) is 9.14. The Morgan fingerprint density at radius 3 is 2.76 bits per heavy atom. The Kier molecular flexibility index (Phi) is 5.91. The number of nitrogens with two attached hydrogens (primary N) is 2. The monoisotopic (exact) mass is 523 g/mol. The van der Waals surface area contributed by atoms with Crippen molar-refractivity contribution in [1.29, 1.82) is 0 Å². The molecule has 1 aliphatic carbocycles. The molecule has 2 atom stereocenters. The zero-order valence-corrected chi connectivity index (χ0v) is 21.1. The third kappa shape index (κ3) is 4.36. The number of halogens is 1. The number of guanidine groups is 1. The highest BCUT2D eigenvalue weighted by Crippen LogP contribution is 2.31. The molecule has 1 fully saturated rings. The van der Waals surface area contributed by atoms with Crippen molar-refractivity contribution in [2.24, 2.45) is 26.4 Å². The Morgan fingerprint density at radius 2 is 1.95 bits per heavy atom. The summed E-state index contributed by atoms with van der Waals surface area (Å²) in [5.74, 6) is -0.199. The molecule has 2 amide bonds. The van der Waals surface area contributed by atoms with Crippen molar-refractivity contribution in [3.63, 3.8) is 0 Å². The molecule has 4 aliphatic rings. The predicted molar refractivity (Wildman–Crippen MR) is 143 cm³/mol. The number of benzene rings is 1. The van der Waals surface area contributed by atoms with Gasteiger partial charge in [0.1, 0.15) is 6.17 Å². The maximum Gasteiger partial charge on any atom is 0.279 e. The Hall–Kier alpha value is -3.44. The maximum atomic E-state index is 13.4. The zero-order valence-electron chi connectivity index (χ0n) is 20.4. The number of carbonyl (C=O) groups excluding carboxylic acids is 2. The number of carbonyl (C=O) groups is 2. The number of rotatable bonds is 2. The number of amidine groups is 1. The van der Waals surface area contributed by atoms with Gasteiger partial charge in [-0.25, -0.2) is 4.99 Å². The van der Waals surface area contributed by atoms with Crippen LogP contribution in [0, 0.1) is 0 Å². The molecule has 2 aromatic rings. The van der Waals surface area contributed by atoms with Gasteiger partial charge in [-0.2, -0.15) is 0 Å². The Balaban J connectivity index is 1.07. The number of hydrogen-bond acceptors (Lipinski definition) is 8. The van der Waals surface area contributed by atoms with E-state index in [1.165, 1.54) is 29.5 Å². The SMILES string of the molecule is NC1=NC(N)C(Cl)N=C1C(=O)NC1=NCC2(CCN(C(=O)c3ccc4[nH]c5c(c4c3)CCCC5)CC2)N1. The number of piperidine rings is 1. The average molecular weight is 524 g/mol. The molecular weight excluding hydrogens is 494 g/mol. The average Bonchev–Trinajstić information content (AvgIpc) is 3.46. The van der Waals surface area contributed by atoms with Gasteiger partial charge in [0.2, 0.25) is 0 Å². The van der Waals surface area contributed by atoms with Crippen LogP contribution in [0.5, 0.6) is 0 Å². The van der Waals surface area contributed by atoms with Gasteiger partial charge < -0.3 is 26.7 Å². The number of hydrogen-bond donors (Lipinski definition) is 5. The molecule has 1 spiro atoms. The van der Waals surface area contributed by atoms with E-state index in [1.54, 1.807) is 0 Å². The summed E-state index contributed by atoms with van der Waals surface area (Å²) >= 11 is 6.01. The van der Waals surface area contributed by atoms with E-state index in [1.807, 2.05) is 17.0 Å². The fraction of sp³-hybridized carbons (Fsp3) is 0.480. The minimum atomic E-state index is -0.858. The Labute approximate surface area is 218 Å². The van der Waals surface area contributed by atoms with Crippen molar-refractivity contribution in [3.05, 3.63) is 35.0 Å². The van der Waals surface area contributed by atoms with Crippen LogP contribution in [0.25, 0.3) is 10.9 Å². The van der Waals surface area contributed by atoms with E-state index in [9.17, 15) is 9.59 Å². The van der Waals surface area contributed by atoms with E-state index >= 15 is 0 Å². The molecule has 1 aromatic carbocycles. The molecule has 1 saturated heterocycles. The van der Waals surface area contributed by atoms with E-state index in [-0.39, 0.29) is 23.0 Å². The predicted octanol–water partition coefficient (Wildman–Crippen LogP) is 0.758. The first-order valence-electron chi connectivity index (χ1n) is 12.7. The number of nitrogens with zero attached hydrogens (tertiary/aromatic N) is 4.